The molecule has 0 spiro atoms. The first-order valence-electron chi connectivity index (χ1n) is 11.2. The van der Waals surface area contributed by atoms with Gasteiger partial charge in [-0.15, -0.1) is 24.0 Å². The van der Waals surface area contributed by atoms with E-state index in [0.717, 1.165) is 38.3 Å². The predicted molar refractivity (Wildman–Crippen MR) is 143 cm³/mol. The molecule has 1 saturated heterocycles. The Labute approximate surface area is 211 Å². The number of nitrogens with zero attached hydrogens (tertiary/aromatic N) is 3. The number of unbranched alkanes of at least 4 members (excludes halogenated alkanes) is 2. The van der Waals surface area contributed by atoms with Gasteiger partial charge in [-0.3, -0.25) is 14.6 Å². The minimum Gasteiger partial charge on any atom is -0.356 e. The summed E-state index contributed by atoms with van der Waals surface area (Å²) in [6.45, 7) is 12.9. The highest BCUT2D eigenvalue weighted by molar-refractivity contribution is 14.0. The summed E-state index contributed by atoms with van der Waals surface area (Å²) in [5.41, 5.74) is 0. The van der Waals surface area contributed by atoms with E-state index in [4.69, 9.17) is 0 Å². The van der Waals surface area contributed by atoms with Crippen molar-refractivity contribution in [1.29, 1.82) is 0 Å². The summed E-state index contributed by atoms with van der Waals surface area (Å²) in [4.78, 5) is 32.6. The molecule has 1 heterocycles. The molecule has 1 fully saturated rings. The zero-order valence-electron chi connectivity index (χ0n) is 20.3. The topological polar surface area (TPSA) is 77.0 Å². The standard InChI is InChI=1S/C22H43N5O2S.HI/c1-18(2)16-20(29)27-14-12-26(13-15-27)19(28)10-8-7-9-11-24-21(23-5)25-17-22(3,4)30-6;/h18H,7-17H2,1-6H3,(H2,23,24,25);1H. The van der Waals surface area contributed by atoms with Gasteiger partial charge in [0.2, 0.25) is 11.8 Å². The van der Waals surface area contributed by atoms with Gasteiger partial charge in [-0.2, -0.15) is 11.8 Å². The average Bonchev–Trinajstić information content (AvgIpc) is 2.72. The molecule has 0 bridgehead atoms. The van der Waals surface area contributed by atoms with Crippen LogP contribution in [-0.2, 0) is 9.59 Å². The van der Waals surface area contributed by atoms with E-state index in [1.807, 2.05) is 21.6 Å². The highest BCUT2D eigenvalue weighted by atomic mass is 127. The Morgan fingerprint density at radius 3 is 2.10 bits per heavy atom. The van der Waals surface area contributed by atoms with Crippen molar-refractivity contribution in [3.8, 4) is 0 Å². The molecule has 7 nitrogen and oxygen atoms in total. The monoisotopic (exact) mass is 569 g/mol. The third-order valence-corrected chi connectivity index (χ3v) is 6.64. The van der Waals surface area contributed by atoms with Crippen LogP contribution in [0.5, 0.6) is 0 Å². The fourth-order valence-electron chi connectivity index (χ4n) is 3.22. The van der Waals surface area contributed by atoms with Crippen molar-refractivity contribution in [3.63, 3.8) is 0 Å². The first-order chi connectivity index (χ1) is 14.2. The van der Waals surface area contributed by atoms with Gasteiger partial charge < -0.3 is 20.4 Å². The molecule has 0 aromatic heterocycles. The lowest BCUT2D eigenvalue weighted by atomic mass is 10.1. The van der Waals surface area contributed by atoms with Crippen molar-refractivity contribution in [1.82, 2.24) is 20.4 Å². The van der Waals surface area contributed by atoms with Crippen LogP contribution in [0, 0.1) is 5.92 Å². The van der Waals surface area contributed by atoms with Crippen LogP contribution in [0.25, 0.3) is 0 Å². The molecular weight excluding hydrogens is 525 g/mol. The molecule has 1 rings (SSSR count). The summed E-state index contributed by atoms with van der Waals surface area (Å²) in [6, 6.07) is 0. The maximum atomic E-state index is 12.4. The lowest BCUT2D eigenvalue weighted by molar-refractivity contribution is -0.140. The molecule has 0 aliphatic carbocycles. The number of amides is 2. The van der Waals surface area contributed by atoms with E-state index in [-0.39, 0.29) is 40.5 Å². The number of aliphatic imine (C=N–C) groups is 1. The number of carbonyl (C=O) groups excluding carboxylic acids is 2. The normalized spacial score (nSPS) is 15.0. The zero-order valence-corrected chi connectivity index (χ0v) is 23.5. The van der Waals surface area contributed by atoms with Gasteiger partial charge in [-0.05, 0) is 38.9 Å². The Kier molecular flexibility index (Phi) is 15.6. The fraction of sp³-hybridized carbons (Fsp3) is 0.864. The zero-order chi connectivity index (χ0) is 22.6. The van der Waals surface area contributed by atoms with Crippen molar-refractivity contribution in [2.24, 2.45) is 10.9 Å². The van der Waals surface area contributed by atoms with Crippen LogP contribution in [0.3, 0.4) is 0 Å². The van der Waals surface area contributed by atoms with Gasteiger partial charge in [0, 0.05) is 63.9 Å². The Morgan fingerprint density at radius 1 is 1.00 bits per heavy atom. The number of guanidine groups is 1. The molecule has 0 atom stereocenters. The van der Waals surface area contributed by atoms with Gasteiger partial charge in [0.15, 0.2) is 5.96 Å². The molecule has 0 aromatic rings. The van der Waals surface area contributed by atoms with Gasteiger partial charge in [-0.25, -0.2) is 0 Å². The minimum absolute atomic E-state index is 0. The summed E-state index contributed by atoms with van der Waals surface area (Å²) in [6.07, 6.45) is 6.23. The number of nitrogens with one attached hydrogen (secondary N) is 2. The molecule has 182 valence electrons. The maximum absolute atomic E-state index is 12.4. The molecular formula is C22H44IN5O2S. The molecule has 2 N–H and O–H groups in total. The third kappa shape index (κ3) is 12.8. The van der Waals surface area contributed by atoms with Crippen LogP contribution in [0.2, 0.25) is 0 Å². The molecule has 2 amide bonds. The van der Waals surface area contributed by atoms with Gasteiger partial charge in [0.05, 0.1) is 0 Å². The molecule has 0 aromatic carbocycles. The first kappa shape index (κ1) is 30.3. The smallest absolute Gasteiger partial charge is 0.222 e. The Bertz CT molecular complexity index is 564. The lowest BCUT2D eigenvalue weighted by Crippen LogP contribution is -2.50. The van der Waals surface area contributed by atoms with Crippen LogP contribution in [0.1, 0.15) is 59.8 Å². The number of halogens is 1. The number of piperazine rings is 1. The van der Waals surface area contributed by atoms with Crippen LogP contribution in [-0.4, -0.2) is 84.9 Å². The van der Waals surface area contributed by atoms with Gasteiger partial charge >= 0.3 is 0 Å². The molecule has 31 heavy (non-hydrogen) atoms. The fourth-order valence-corrected chi connectivity index (χ4v) is 3.43. The van der Waals surface area contributed by atoms with E-state index < -0.39 is 0 Å². The van der Waals surface area contributed by atoms with Crippen LogP contribution >= 0.6 is 35.7 Å². The van der Waals surface area contributed by atoms with E-state index in [0.29, 0.717) is 44.9 Å². The molecule has 0 radical (unpaired) electrons. The summed E-state index contributed by atoms with van der Waals surface area (Å²) in [5, 5.41) is 6.71. The van der Waals surface area contributed by atoms with E-state index >= 15 is 0 Å². The number of rotatable bonds is 11. The molecule has 1 aliphatic rings. The molecule has 1 aliphatic heterocycles. The Morgan fingerprint density at radius 2 is 1.58 bits per heavy atom. The van der Waals surface area contributed by atoms with Gasteiger partial charge in [0.1, 0.15) is 0 Å². The molecule has 0 saturated carbocycles. The first-order valence-corrected chi connectivity index (χ1v) is 12.5. The molecule has 9 heteroatoms. The number of thioether (sulfide) groups is 1. The summed E-state index contributed by atoms with van der Waals surface area (Å²) in [7, 11) is 1.79. The SMILES string of the molecule is CN=C(NCCCCCC(=O)N1CCN(C(=O)CC(C)C)CC1)NCC(C)(C)SC.I. The molecule has 0 unspecified atom stereocenters. The van der Waals surface area contributed by atoms with E-state index in [9.17, 15) is 9.59 Å². The summed E-state index contributed by atoms with van der Waals surface area (Å²) < 4.78 is 0.172. The lowest BCUT2D eigenvalue weighted by Gasteiger charge is -2.35. The minimum atomic E-state index is 0. The van der Waals surface area contributed by atoms with E-state index in [2.05, 4.69) is 49.6 Å². The highest BCUT2D eigenvalue weighted by Crippen LogP contribution is 2.19. The average molecular weight is 570 g/mol. The van der Waals surface area contributed by atoms with Crippen molar-refractivity contribution < 1.29 is 9.59 Å². The Hall–Kier alpha value is -0.710. The maximum Gasteiger partial charge on any atom is 0.222 e. The quantitative estimate of drug-likeness (QED) is 0.173. The Balaban J connectivity index is 0.00000900. The van der Waals surface area contributed by atoms with Crippen molar-refractivity contribution >= 4 is 53.5 Å². The van der Waals surface area contributed by atoms with Crippen molar-refractivity contribution in [2.45, 2.75) is 64.5 Å². The van der Waals surface area contributed by atoms with E-state index in [1.54, 1.807) is 7.05 Å². The van der Waals surface area contributed by atoms with Crippen LogP contribution in [0.15, 0.2) is 4.99 Å². The second-order valence-corrected chi connectivity index (χ2v) is 10.5. The highest BCUT2D eigenvalue weighted by Gasteiger charge is 2.24. The van der Waals surface area contributed by atoms with Crippen LogP contribution < -0.4 is 10.6 Å². The summed E-state index contributed by atoms with van der Waals surface area (Å²) in [5.74, 6) is 1.64. The van der Waals surface area contributed by atoms with Gasteiger partial charge in [-0.1, -0.05) is 20.3 Å². The number of hydrogen-bond donors (Lipinski definition) is 2. The second kappa shape index (κ2) is 16.0. The largest absolute Gasteiger partial charge is 0.356 e. The number of hydrogen-bond acceptors (Lipinski definition) is 4. The summed E-state index contributed by atoms with van der Waals surface area (Å²) >= 11 is 1.83. The second-order valence-electron chi connectivity index (χ2n) is 8.99. The third-order valence-electron chi connectivity index (χ3n) is 5.39. The van der Waals surface area contributed by atoms with Crippen molar-refractivity contribution in [3.05, 3.63) is 0 Å². The van der Waals surface area contributed by atoms with Crippen LogP contribution in [0.4, 0.5) is 0 Å². The van der Waals surface area contributed by atoms with Gasteiger partial charge in [0.25, 0.3) is 0 Å². The van der Waals surface area contributed by atoms with Crippen molar-refractivity contribution in [2.75, 3.05) is 52.6 Å². The van der Waals surface area contributed by atoms with E-state index in [1.165, 1.54) is 0 Å². The number of carbonyl (C=O) groups is 2. The predicted octanol–water partition coefficient (Wildman–Crippen LogP) is 3.19.